The lowest BCUT2D eigenvalue weighted by molar-refractivity contribution is 0.623. The van der Waals surface area contributed by atoms with Gasteiger partial charge in [0, 0.05) is 10.1 Å². The van der Waals surface area contributed by atoms with E-state index in [0.29, 0.717) is 10.8 Å². The Hall–Kier alpha value is -1.01. The molecule has 0 bridgehead atoms. The Morgan fingerprint density at radius 1 is 1.50 bits per heavy atom. The second kappa shape index (κ2) is 5.02. The third-order valence-electron chi connectivity index (χ3n) is 1.91. The number of hydrogen-bond donors (Lipinski definition) is 0. The van der Waals surface area contributed by atoms with Crippen molar-refractivity contribution in [2.24, 2.45) is 0 Å². The van der Waals surface area contributed by atoms with Crippen LogP contribution in [0.15, 0.2) is 23.1 Å². The van der Waals surface area contributed by atoms with Gasteiger partial charge in [-0.25, -0.2) is 4.39 Å². The maximum Gasteiger partial charge on any atom is 0.125 e. The zero-order valence-corrected chi connectivity index (χ0v) is 9.07. The summed E-state index contributed by atoms with van der Waals surface area (Å²) >= 11 is 1.60. The summed E-state index contributed by atoms with van der Waals surface area (Å²) in [6.07, 6.45) is 1.03. The van der Waals surface area contributed by atoms with Gasteiger partial charge in [0.2, 0.25) is 0 Å². The molecular weight excluding hydrogens is 197 g/mol. The zero-order chi connectivity index (χ0) is 10.6. The van der Waals surface area contributed by atoms with Crippen LogP contribution in [0.4, 0.5) is 4.39 Å². The molecule has 0 aliphatic heterocycles. The lowest BCUT2D eigenvalue weighted by Crippen LogP contribution is -1.92. The lowest BCUT2D eigenvalue weighted by Gasteiger charge is -2.07. The van der Waals surface area contributed by atoms with Gasteiger partial charge in [-0.05, 0) is 24.6 Å². The summed E-state index contributed by atoms with van der Waals surface area (Å²) in [5.74, 6) is -0.338. The van der Waals surface area contributed by atoms with Gasteiger partial charge in [0.25, 0.3) is 0 Å². The first kappa shape index (κ1) is 11.1. The molecule has 0 fully saturated rings. The van der Waals surface area contributed by atoms with Gasteiger partial charge in [0.1, 0.15) is 5.82 Å². The number of nitrogens with zero attached hydrogens (tertiary/aromatic N) is 1. The Bertz CT molecular complexity index is 357. The smallest absolute Gasteiger partial charge is 0.125 e. The van der Waals surface area contributed by atoms with E-state index < -0.39 is 0 Å². The highest BCUT2D eigenvalue weighted by Gasteiger charge is 2.04. The maximum atomic E-state index is 13.0. The molecule has 0 aliphatic rings. The first-order valence-electron chi connectivity index (χ1n) is 4.53. The minimum atomic E-state index is -0.338. The Morgan fingerprint density at radius 2 is 2.21 bits per heavy atom. The minimum absolute atomic E-state index is 0.338. The molecule has 0 aliphatic carbocycles. The average Bonchev–Trinajstić information content (AvgIpc) is 2.16. The van der Waals surface area contributed by atoms with Crippen LogP contribution in [0.3, 0.4) is 0 Å². The summed E-state index contributed by atoms with van der Waals surface area (Å²) in [6, 6.07) is 6.39. The molecule has 1 aromatic carbocycles. The van der Waals surface area contributed by atoms with Crippen molar-refractivity contribution in [1.82, 2.24) is 0 Å². The van der Waals surface area contributed by atoms with Crippen molar-refractivity contribution in [3.8, 4) is 6.07 Å². The molecule has 1 nitrogen and oxygen atoms in total. The van der Waals surface area contributed by atoms with E-state index in [1.807, 2.05) is 6.07 Å². The number of halogens is 1. The van der Waals surface area contributed by atoms with Crippen LogP contribution in [0.5, 0.6) is 0 Å². The fraction of sp³-hybridized carbons (Fsp3) is 0.364. The summed E-state index contributed by atoms with van der Waals surface area (Å²) < 4.78 is 13.0. The van der Waals surface area contributed by atoms with Gasteiger partial charge in [-0.2, -0.15) is 5.26 Å². The molecule has 0 heterocycles. The predicted octanol–water partition coefficient (Wildman–Crippen LogP) is 3.59. The van der Waals surface area contributed by atoms with Crippen LogP contribution in [-0.2, 0) is 0 Å². The highest BCUT2D eigenvalue weighted by atomic mass is 32.2. The van der Waals surface area contributed by atoms with Crippen molar-refractivity contribution in [3.05, 3.63) is 29.6 Å². The third-order valence-corrected chi connectivity index (χ3v) is 3.16. The van der Waals surface area contributed by atoms with Gasteiger partial charge in [-0.1, -0.05) is 13.8 Å². The van der Waals surface area contributed by atoms with Crippen molar-refractivity contribution >= 4 is 11.8 Å². The molecule has 0 radical (unpaired) electrons. The molecule has 0 saturated carbocycles. The van der Waals surface area contributed by atoms with Gasteiger partial charge >= 0.3 is 0 Å². The SMILES string of the molecule is CCC(C)Sc1cc(F)cc(C#N)c1. The number of thioether (sulfide) groups is 1. The van der Waals surface area contributed by atoms with E-state index in [-0.39, 0.29) is 5.82 Å². The molecule has 1 rings (SSSR count). The predicted molar refractivity (Wildman–Crippen MR) is 56.7 cm³/mol. The van der Waals surface area contributed by atoms with Gasteiger partial charge in [0.05, 0.1) is 11.6 Å². The normalized spacial score (nSPS) is 12.1. The van der Waals surface area contributed by atoms with E-state index in [9.17, 15) is 4.39 Å². The standard InChI is InChI=1S/C11H12FNS/c1-3-8(2)14-11-5-9(7-13)4-10(12)6-11/h4-6,8H,3H2,1-2H3. The van der Waals surface area contributed by atoms with E-state index in [0.717, 1.165) is 11.3 Å². The Balaban J connectivity index is 2.88. The molecule has 0 amide bonds. The molecule has 0 spiro atoms. The molecule has 0 aromatic heterocycles. The quantitative estimate of drug-likeness (QED) is 0.710. The van der Waals surface area contributed by atoms with E-state index in [2.05, 4.69) is 13.8 Å². The second-order valence-electron chi connectivity index (χ2n) is 3.12. The fourth-order valence-electron chi connectivity index (χ4n) is 1.01. The Kier molecular flexibility index (Phi) is 3.97. The third kappa shape index (κ3) is 3.04. The topological polar surface area (TPSA) is 23.8 Å². The molecule has 1 atom stereocenters. The molecule has 3 heteroatoms. The number of rotatable bonds is 3. The summed E-state index contributed by atoms with van der Waals surface area (Å²) in [6.45, 7) is 4.17. The first-order valence-corrected chi connectivity index (χ1v) is 5.41. The minimum Gasteiger partial charge on any atom is -0.207 e. The maximum absolute atomic E-state index is 13.0. The number of benzene rings is 1. The summed E-state index contributed by atoms with van der Waals surface area (Å²) in [7, 11) is 0. The van der Waals surface area contributed by atoms with Crippen molar-refractivity contribution in [1.29, 1.82) is 5.26 Å². The highest BCUT2D eigenvalue weighted by molar-refractivity contribution is 7.99. The van der Waals surface area contributed by atoms with E-state index in [4.69, 9.17) is 5.26 Å². The molecule has 1 unspecified atom stereocenters. The van der Waals surface area contributed by atoms with Crippen LogP contribution in [0.1, 0.15) is 25.8 Å². The largest absolute Gasteiger partial charge is 0.207 e. The molecule has 0 saturated heterocycles. The first-order chi connectivity index (χ1) is 6.65. The van der Waals surface area contributed by atoms with Crippen molar-refractivity contribution in [2.75, 3.05) is 0 Å². The Morgan fingerprint density at radius 3 is 2.79 bits per heavy atom. The van der Waals surface area contributed by atoms with E-state index >= 15 is 0 Å². The van der Waals surface area contributed by atoms with Crippen LogP contribution in [0, 0.1) is 17.1 Å². The van der Waals surface area contributed by atoms with Crippen LogP contribution in [0.2, 0.25) is 0 Å². The van der Waals surface area contributed by atoms with Crippen molar-refractivity contribution < 1.29 is 4.39 Å². The molecule has 74 valence electrons. The molecule has 14 heavy (non-hydrogen) atoms. The van der Waals surface area contributed by atoms with Crippen LogP contribution < -0.4 is 0 Å². The zero-order valence-electron chi connectivity index (χ0n) is 8.25. The van der Waals surface area contributed by atoms with Gasteiger partial charge in [0.15, 0.2) is 0 Å². The van der Waals surface area contributed by atoms with Gasteiger partial charge in [-0.15, -0.1) is 11.8 Å². The summed E-state index contributed by atoms with van der Waals surface area (Å²) in [5.41, 5.74) is 0.385. The number of nitriles is 1. The van der Waals surface area contributed by atoms with Crippen molar-refractivity contribution in [3.63, 3.8) is 0 Å². The van der Waals surface area contributed by atoms with Crippen LogP contribution in [0.25, 0.3) is 0 Å². The Labute approximate surface area is 87.9 Å². The molecule has 1 aromatic rings. The monoisotopic (exact) mass is 209 g/mol. The number of hydrogen-bond acceptors (Lipinski definition) is 2. The van der Waals surface area contributed by atoms with E-state index in [1.165, 1.54) is 12.1 Å². The van der Waals surface area contributed by atoms with Crippen LogP contribution in [-0.4, -0.2) is 5.25 Å². The highest BCUT2D eigenvalue weighted by Crippen LogP contribution is 2.26. The van der Waals surface area contributed by atoms with Crippen LogP contribution >= 0.6 is 11.8 Å². The van der Waals surface area contributed by atoms with E-state index in [1.54, 1.807) is 17.8 Å². The summed E-state index contributed by atoms with van der Waals surface area (Å²) in [5, 5.41) is 9.10. The average molecular weight is 209 g/mol. The molecular formula is C11H12FNS. The fourth-order valence-corrected chi connectivity index (χ4v) is 2.02. The van der Waals surface area contributed by atoms with Gasteiger partial charge < -0.3 is 0 Å². The summed E-state index contributed by atoms with van der Waals surface area (Å²) in [4.78, 5) is 0.830. The van der Waals surface area contributed by atoms with Crippen molar-refractivity contribution in [2.45, 2.75) is 30.4 Å². The molecule has 0 N–H and O–H groups in total. The lowest BCUT2D eigenvalue weighted by atomic mass is 10.2. The van der Waals surface area contributed by atoms with Gasteiger partial charge in [-0.3, -0.25) is 0 Å². The second-order valence-corrected chi connectivity index (χ2v) is 4.64.